The van der Waals surface area contributed by atoms with Crippen molar-refractivity contribution in [3.05, 3.63) is 0 Å². The van der Waals surface area contributed by atoms with Crippen molar-refractivity contribution < 1.29 is 0 Å². The number of rotatable bonds is 3. The van der Waals surface area contributed by atoms with Crippen molar-refractivity contribution in [2.45, 2.75) is 51.1 Å². The molecular formula is C11H22N2. The number of hydrogen-bond donors (Lipinski definition) is 1. The highest BCUT2D eigenvalue weighted by Gasteiger charge is 2.36. The smallest absolute Gasteiger partial charge is 0.0249 e. The maximum Gasteiger partial charge on any atom is 0.0249 e. The summed E-state index contributed by atoms with van der Waals surface area (Å²) < 4.78 is 0. The molecule has 76 valence electrons. The molecule has 1 heterocycles. The van der Waals surface area contributed by atoms with E-state index in [0.29, 0.717) is 6.04 Å². The van der Waals surface area contributed by atoms with Gasteiger partial charge in [-0.15, -0.1) is 0 Å². The Bertz CT molecular complexity index is 165. The minimum absolute atomic E-state index is 0.704. The van der Waals surface area contributed by atoms with Gasteiger partial charge in [0, 0.05) is 18.6 Å². The average molecular weight is 182 g/mol. The Morgan fingerprint density at radius 1 is 1.31 bits per heavy atom. The molecule has 0 bridgehead atoms. The molecule has 0 aromatic rings. The Morgan fingerprint density at radius 3 is 2.62 bits per heavy atom. The van der Waals surface area contributed by atoms with Crippen LogP contribution in [0, 0.1) is 5.92 Å². The third-order valence-electron chi connectivity index (χ3n) is 3.69. The maximum absolute atomic E-state index is 5.87. The van der Waals surface area contributed by atoms with E-state index in [9.17, 15) is 0 Å². The van der Waals surface area contributed by atoms with Gasteiger partial charge in [0.25, 0.3) is 0 Å². The van der Waals surface area contributed by atoms with Gasteiger partial charge >= 0.3 is 0 Å². The largest absolute Gasteiger partial charge is 0.329 e. The van der Waals surface area contributed by atoms with E-state index < -0.39 is 0 Å². The molecule has 2 rings (SSSR count). The molecule has 2 N–H and O–H groups in total. The third kappa shape index (κ3) is 2.05. The molecule has 0 spiro atoms. The van der Waals surface area contributed by atoms with Crippen LogP contribution in [0.15, 0.2) is 0 Å². The van der Waals surface area contributed by atoms with Crippen LogP contribution in [-0.2, 0) is 0 Å². The highest BCUT2D eigenvalue weighted by molar-refractivity contribution is 4.91. The number of hydrogen-bond acceptors (Lipinski definition) is 2. The zero-order valence-electron chi connectivity index (χ0n) is 8.71. The molecule has 2 nitrogen and oxygen atoms in total. The maximum atomic E-state index is 5.87. The summed E-state index contributed by atoms with van der Waals surface area (Å²) in [5, 5.41) is 0. The standard InChI is InChI=1S/C11H22N2/c1-9-4-2-3-7-13(9)11(8-12)10-5-6-10/h9-11H,2-8,12H2,1H3. The highest BCUT2D eigenvalue weighted by Crippen LogP contribution is 2.37. The SMILES string of the molecule is CC1CCCCN1C(CN)C1CC1. The first-order chi connectivity index (χ1) is 6.33. The van der Waals surface area contributed by atoms with Gasteiger partial charge in [0.2, 0.25) is 0 Å². The molecule has 0 amide bonds. The average Bonchev–Trinajstić information content (AvgIpc) is 2.93. The van der Waals surface area contributed by atoms with Gasteiger partial charge in [-0.1, -0.05) is 6.42 Å². The lowest BCUT2D eigenvalue weighted by molar-refractivity contribution is 0.0964. The predicted molar refractivity (Wildman–Crippen MR) is 55.6 cm³/mol. The number of nitrogens with zero attached hydrogens (tertiary/aromatic N) is 1. The lowest BCUT2D eigenvalue weighted by Crippen LogP contribution is -2.49. The molecular weight excluding hydrogens is 160 g/mol. The quantitative estimate of drug-likeness (QED) is 0.718. The summed E-state index contributed by atoms with van der Waals surface area (Å²) in [6, 6.07) is 1.48. The van der Waals surface area contributed by atoms with Crippen LogP contribution in [0.1, 0.15) is 39.0 Å². The summed E-state index contributed by atoms with van der Waals surface area (Å²) in [6.45, 7) is 4.53. The Hall–Kier alpha value is -0.0800. The second kappa shape index (κ2) is 3.97. The number of nitrogens with two attached hydrogens (primary N) is 1. The Kier molecular flexibility index (Phi) is 2.89. The predicted octanol–water partition coefficient (Wildman–Crippen LogP) is 1.60. The minimum Gasteiger partial charge on any atom is -0.329 e. The molecule has 1 aliphatic heterocycles. The summed E-state index contributed by atoms with van der Waals surface area (Å²) in [5.41, 5.74) is 5.87. The fourth-order valence-corrected chi connectivity index (χ4v) is 2.69. The molecule has 13 heavy (non-hydrogen) atoms. The van der Waals surface area contributed by atoms with E-state index in [1.54, 1.807) is 0 Å². The van der Waals surface area contributed by atoms with E-state index in [0.717, 1.165) is 18.5 Å². The van der Waals surface area contributed by atoms with Gasteiger partial charge in [0.1, 0.15) is 0 Å². The van der Waals surface area contributed by atoms with Crippen LogP contribution in [0.3, 0.4) is 0 Å². The number of piperidine rings is 1. The third-order valence-corrected chi connectivity index (χ3v) is 3.69. The monoisotopic (exact) mass is 182 g/mol. The normalized spacial score (nSPS) is 33.2. The second-order valence-corrected chi connectivity index (χ2v) is 4.72. The van der Waals surface area contributed by atoms with Crippen molar-refractivity contribution in [1.29, 1.82) is 0 Å². The molecule has 2 heteroatoms. The van der Waals surface area contributed by atoms with Gasteiger partial charge in [-0.2, -0.15) is 0 Å². The first kappa shape index (κ1) is 9.47. The van der Waals surface area contributed by atoms with E-state index in [4.69, 9.17) is 5.73 Å². The molecule has 1 saturated heterocycles. The van der Waals surface area contributed by atoms with Crippen molar-refractivity contribution in [2.75, 3.05) is 13.1 Å². The van der Waals surface area contributed by atoms with Crippen LogP contribution in [0.5, 0.6) is 0 Å². The molecule has 2 aliphatic rings. The molecule has 2 atom stereocenters. The van der Waals surface area contributed by atoms with Crippen LogP contribution in [0.4, 0.5) is 0 Å². The second-order valence-electron chi connectivity index (χ2n) is 4.72. The Balaban J connectivity index is 1.94. The summed E-state index contributed by atoms with van der Waals surface area (Å²) in [5.74, 6) is 0.936. The van der Waals surface area contributed by atoms with Crippen molar-refractivity contribution in [3.63, 3.8) is 0 Å². The minimum atomic E-state index is 0.704. The molecule has 0 radical (unpaired) electrons. The summed E-state index contributed by atoms with van der Waals surface area (Å²) in [4.78, 5) is 2.67. The van der Waals surface area contributed by atoms with Crippen molar-refractivity contribution in [2.24, 2.45) is 11.7 Å². The lowest BCUT2D eigenvalue weighted by Gasteiger charge is -2.39. The van der Waals surface area contributed by atoms with Crippen molar-refractivity contribution >= 4 is 0 Å². The lowest BCUT2D eigenvalue weighted by atomic mass is 9.99. The Morgan fingerprint density at radius 2 is 2.08 bits per heavy atom. The zero-order valence-corrected chi connectivity index (χ0v) is 8.71. The van der Waals surface area contributed by atoms with E-state index in [2.05, 4.69) is 11.8 Å². The molecule has 1 saturated carbocycles. The van der Waals surface area contributed by atoms with Gasteiger partial charge in [0.05, 0.1) is 0 Å². The van der Waals surface area contributed by atoms with Gasteiger partial charge in [-0.3, -0.25) is 4.90 Å². The molecule has 0 aromatic carbocycles. The van der Waals surface area contributed by atoms with Crippen molar-refractivity contribution in [3.8, 4) is 0 Å². The van der Waals surface area contributed by atoms with Gasteiger partial charge < -0.3 is 5.73 Å². The van der Waals surface area contributed by atoms with Crippen LogP contribution in [-0.4, -0.2) is 30.1 Å². The van der Waals surface area contributed by atoms with Gasteiger partial charge in [0.15, 0.2) is 0 Å². The van der Waals surface area contributed by atoms with Crippen LogP contribution < -0.4 is 5.73 Å². The van der Waals surface area contributed by atoms with E-state index in [-0.39, 0.29) is 0 Å². The summed E-state index contributed by atoms with van der Waals surface area (Å²) in [7, 11) is 0. The Labute approximate surface area is 81.5 Å². The topological polar surface area (TPSA) is 29.3 Å². The number of likely N-dealkylation sites (tertiary alicyclic amines) is 1. The van der Waals surface area contributed by atoms with E-state index in [1.807, 2.05) is 0 Å². The molecule has 2 fully saturated rings. The van der Waals surface area contributed by atoms with Crippen molar-refractivity contribution in [1.82, 2.24) is 4.90 Å². The molecule has 1 aliphatic carbocycles. The fraction of sp³-hybridized carbons (Fsp3) is 1.00. The van der Waals surface area contributed by atoms with E-state index >= 15 is 0 Å². The summed E-state index contributed by atoms with van der Waals surface area (Å²) >= 11 is 0. The van der Waals surface area contributed by atoms with Gasteiger partial charge in [-0.25, -0.2) is 0 Å². The summed E-state index contributed by atoms with van der Waals surface area (Å²) in [6.07, 6.45) is 7.02. The van der Waals surface area contributed by atoms with Crippen LogP contribution >= 0.6 is 0 Å². The first-order valence-corrected chi connectivity index (χ1v) is 5.78. The molecule has 2 unspecified atom stereocenters. The zero-order chi connectivity index (χ0) is 9.26. The van der Waals surface area contributed by atoms with Crippen LogP contribution in [0.2, 0.25) is 0 Å². The highest BCUT2D eigenvalue weighted by atomic mass is 15.2. The van der Waals surface area contributed by atoms with Crippen LogP contribution in [0.25, 0.3) is 0 Å². The van der Waals surface area contributed by atoms with Gasteiger partial charge in [-0.05, 0) is 45.1 Å². The molecule has 0 aromatic heterocycles. The first-order valence-electron chi connectivity index (χ1n) is 5.78. The fourth-order valence-electron chi connectivity index (χ4n) is 2.69. The van der Waals surface area contributed by atoms with E-state index in [1.165, 1.54) is 38.6 Å².